The van der Waals surface area contributed by atoms with E-state index in [0.29, 0.717) is 0 Å². The summed E-state index contributed by atoms with van der Waals surface area (Å²) in [6.45, 7) is -0.832. The quantitative estimate of drug-likeness (QED) is 0.699. The summed E-state index contributed by atoms with van der Waals surface area (Å²) in [6.07, 6.45) is -2.58. The minimum absolute atomic E-state index is 0.128. The summed E-state index contributed by atoms with van der Waals surface area (Å²) in [4.78, 5) is 22.5. The lowest BCUT2D eigenvalue weighted by Gasteiger charge is -2.13. The number of halogens is 2. The molecule has 2 N–H and O–H groups in total. The molecule has 86 valence electrons. The van der Waals surface area contributed by atoms with Gasteiger partial charge in [0, 0.05) is 13.1 Å². The third kappa shape index (κ3) is 2.85. The highest BCUT2D eigenvalue weighted by Gasteiger charge is 2.42. The molecule has 0 aromatic carbocycles. The Morgan fingerprint density at radius 2 is 1.60 bits per heavy atom. The summed E-state index contributed by atoms with van der Waals surface area (Å²) in [5.41, 5.74) is 0. The summed E-state index contributed by atoms with van der Waals surface area (Å²) >= 11 is 0. The van der Waals surface area contributed by atoms with Gasteiger partial charge >= 0.3 is 11.9 Å². The van der Waals surface area contributed by atoms with Crippen molar-refractivity contribution in [2.45, 2.75) is 6.43 Å². The van der Waals surface area contributed by atoms with Gasteiger partial charge in [0.25, 0.3) is 6.43 Å². The number of carbonyl (C=O) groups is 2. The maximum absolute atomic E-state index is 12.0. The van der Waals surface area contributed by atoms with Crippen molar-refractivity contribution in [2.75, 3.05) is 19.6 Å². The Morgan fingerprint density at radius 3 is 1.87 bits per heavy atom. The predicted octanol–water partition coefficient (Wildman–Crippen LogP) is -0.0313. The number of hydrogen-bond donors (Lipinski definition) is 2. The van der Waals surface area contributed by atoms with E-state index in [1.165, 1.54) is 4.90 Å². The zero-order valence-electron chi connectivity index (χ0n) is 7.77. The average Bonchev–Trinajstić information content (AvgIpc) is 2.46. The van der Waals surface area contributed by atoms with Gasteiger partial charge in [-0.3, -0.25) is 14.5 Å². The van der Waals surface area contributed by atoms with Gasteiger partial charge in [0.05, 0.1) is 18.4 Å². The second-order valence-electron chi connectivity index (χ2n) is 3.50. The Balaban J connectivity index is 2.65. The Hall–Kier alpha value is -1.24. The van der Waals surface area contributed by atoms with Crippen molar-refractivity contribution >= 4 is 11.9 Å². The molecule has 1 aliphatic heterocycles. The van der Waals surface area contributed by atoms with Crippen LogP contribution in [0, 0.1) is 11.8 Å². The third-order valence-corrected chi connectivity index (χ3v) is 2.43. The van der Waals surface area contributed by atoms with Crippen LogP contribution in [0.5, 0.6) is 0 Å². The molecule has 0 saturated carbocycles. The molecule has 5 nitrogen and oxygen atoms in total. The van der Waals surface area contributed by atoms with Crippen molar-refractivity contribution in [3.63, 3.8) is 0 Å². The first-order valence-corrected chi connectivity index (χ1v) is 4.38. The minimum atomic E-state index is -2.58. The second kappa shape index (κ2) is 4.52. The van der Waals surface area contributed by atoms with Crippen LogP contribution in [0.1, 0.15) is 0 Å². The maximum Gasteiger partial charge on any atom is 0.308 e. The van der Waals surface area contributed by atoms with Crippen molar-refractivity contribution < 1.29 is 28.6 Å². The first-order chi connectivity index (χ1) is 6.91. The van der Waals surface area contributed by atoms with E-state index in [4.69, 9.17) is 10.2 Å². The standard InChI is InChI=1S/C8H11F2NO4/c9-6(10)3-11-1-4(7(12)13)5(2-11)8(14)15/h4-6H,1-3H2,(H,12,13)(H,14,15)/t4-,5-/m0/s1. The van der Waals surface area contributed by atoms with Crippen molar-refractivity contribution in [3.8, 4) is 0 Å². The minimum Gasteiger partial charge on any atom is -0.481 e. The first-order valence-electron chi connectivity index (χ1n) is 4.38. The lowest BCUT2D eigenvalue weighted by molar-refractivity contribution is -0.151. The number of hydrogen-bond acceptors (Lipinski definition) is 3. The fraction of sp³-hybridized carbons (Fsp3) is 0.750. The largest absolute Gasteiger partial charge is 0.481 e. The lowest BCUT2D eigenvalue weighted by atomic mass is 9.97. The van der Waals surface area contributed by atoms with E-state index in [1.54, 1.807) is 0 Å². The van der Waals surface area contributed by atoms with Crippen LogP contribution in [-0.2, 0) is 9.59 Å². The van der Waals surface area contributed by atoms with Gasteiger partial charge in [-0.2, -0.15) is 0 Å². The number of nitrogens with zero attached hydrogens (tertiary/aromatic N) is 1. The first kappa shape index (κ1) is 11.8. The Labute approximate surface area is 84.3 Å². The number of likely N-dealkylation sites (tertiary alicyclic amines) is 1. The fourth-order valence-corrected chi connectivity index (χ4v) is 1.73. The van der Waals surface area contributed by atoms with Gasteiger partial charge in [-0.25, -0.2) is 8.78 Å². The molecule has 1 aliphatic rings. The number of aliphatic carboxylic acids is 2. The molecule has 0 amide bonds. The van der Waals surface area contributed by atoms with Crippen molar-refractivity contribution in [1.29, 1.82) is 0 Å². The molecule has 0 bridgehead atoms. The molecule has 1 fully saturated rings. The van der Waals surface area contributed by atoms with E-state index in [2.05, 4.69) is 0 Å². The number of rotatable bonds is 4. The number of carboxylic acids is 2. The van der Waals surface area contributed by atoms with E-state index < -0.39 is 36.7 Å². The molecule has 0 aromatic rings. The highest BCUT2D eigenvalue weighted by molar-refractivity contribution is 5.81. The van der Waals surface area contributed by atoms with Crippen LogP contribution in [0.15, 0.2) is 0 Å². The van der Waals surface area contributed by atoms with Crippen LogP contribution in [0.25, 0.3) is 0 Å². The highest BCUT2D eigenvalue weighted by atomic mass is 19.3. The zero-order chi connectivity index (χ0) is 11.6. The molecule has 0 aromatic heterocycles. The average molecular weight is 223 g/mol. The lowest BCUT2D eigenvalue weighted by Crippen LogP contribution is -2.28. The van der Waals surface area contributed by atoms with Crippen LogP contribution in [0.3, 0.4) is 0 Å². The molecule has 1 saturated heterocycles. The van der Waals surface area contributed by atoms with Crippen LogP contribution < -0.4 is 0 Å². The number of carboxylic acid groups (broad SMARTS) is 2. The van der Waals surface area contributed by atoms with Crippen LogP contribution in [0.4, 0.5) is 8.78 Å². The smallest absolute Gasteiger partial charge is 0.308 e. The topological polar surface area (TPSA) is 77.8 Å². The summed E-state index contributed by atoms with van der Waals surface area (Å²) < 4.78 is 24.0. The summed E-state index contributed by atoms with van der Waals surface area (Å²) in [7, 11) is 0. The van der Waals surface area contributed by atoms with E-state index in [0.717, 1.165) is 0 Å². The summed E-state index contributed by atoms with van der Waals surface area (Å²) in [5, 5.41) is 17.4. The Morgan fingerprint density at radius 1 is 1.20 bits per heavy atom. The molecule has 15 heavy (non-hydrogen) atoms. The molecule has 0 aliphatic carbocycles. The van der Waals surface area contributed by atoms with E-state index in [9.17, 15) is 18.4 Å². The van der Waals surface area contributed by atoms with Crippen LogP contribution >= 0.6 is 0 Å². The van der Waals surface area contributed by atoms with Gasteiger partial charge in [-0.1, -0.05) is 0 Å². The SMILES string of the molecule is O=C(O)[C@H]1CN(CC(F)F)C[C@@H]1C(=O)O. The van der Waals surface area contributed by atoms with Crippen LogP contribution in [-0.4, -0.2) is 53.1 Å². The zero-order valence-corrected chi connectivity index (χ0v) is 7.77. The van der Waals surface area contributed by atoms with Gasteiger partial charge in [-0.05, 0) is 0 Å². The summed E-state index contributed by atoms with van der Waals surface area (Å²) in [6, 6.07) is 0. The van der Waals surface area contributed by atoms with Gasteiger partial charge < -0.3 is 10.2 Å². The van der Waals surface area contributed by atoms with Crippen molar-refractivity contribution in [3.05, 3.63) is 0 Å². The Kier molecular flexibility index (Phi) is 3.57. The molecule has 0 radical (unpaired) electrons. The molecular formula is C8H11F2NO4. The van der Waals surface area contributed by atoms with Gasteiger partial charge in [0.1, 0.15) is 0 Å². The van der Waals surface area contributed by atoms with Gasteiger partial charge in [-0.15, -0.1) is 0 Å². The number of alkyl halides is 2. The normalized spacial score (nSPS) is 27.1. The molecule has 2 atom stereocenters. The fourth-order valence-electron chi connectivity index (χ4n) is 1.73. The van der Waals surface area contributed by atoms with Crippen molar-refractivity contribution in [1.82, 2.24) is 4.90 Å². The molecule has 7 heteroatoms. The highest BCUT2D eigenvalue weighted by Crippen LogP contribution is 2.24. The van der Waals surface area contributed by atoms with Crippen LogP contribution in [0.2, 0.25) is 0 Å². The molecule has 1 rings (SSSR count). The predicted molar refractivity (Wildman–Crippen MR) is 44.7 cm³/mol. The molecule has 1 heterocycles. The molecule has 0 unspecified atom stereocenters. The third-order valence-electron chi connectivity index (χ3n) is 2.43. The Bertz CT molecular complexity index is 249. The molecule has 0 spiro atoms. The molecular weight excluding hydrogens is 212 g/mol. The van der Waals surface area contributed by atoms with Gasteiger partial charge in [0.15, 0.2) is 0 Å². The maximum atomic E-state index is 12.0. The second-order valence-corrected chi connectivity index (χ2v) is 3.50. The monoisotopic (exact) mass is 223 g/mol. The van der Waals surface area contributed by atoms with E-state index in [-0.39, 0.29) is 13.1 Å². The summed E-state index contributed by atoms with van der Waals surface area (Å²) in [5.74, 6) is -4.69. The van der Waals surface area contributed by atoms with Gasteiger partial charge in [0.2, 0.25) is 0 Å². The van der Waals surface area contributed by atoms with Crippen molar-refractivity contribution in [2.24, 2.45) is 11.8 Å². The van der Waals surface area contributed by atoms with E-state index >= 15 is 0 Å². The van der Waals surface area contributed by atoms with E-state index in [1.807, 2.05) is 0 Å².